The number of aryl methyl sites for hydroxylation is 1. The molecule has 1 heterocycles. The zero-order chi connectivity index (χ0) is 23.8. The van der Waals surface area contributed by atoms with Gasteiger partial charge < -0.3 is 5.32 Å². The Morgan fingerprint density at radius 1 is 1.00 bits per heavy atom. The molecule has 0 saturated carbocycles. The van der Waals surface area contributed by atoms with Gasteiger partial charge in [0.1, 0.15) is 0 Å². The number of carbonyl (C=O) groups is 2. The summed E-state index contributed by atoms with van der Waals surface area (Å²) in [5.74, 6) is 0.0704. The van der Waals surface area contributed by atoms with Crippen LogP contribution < -0.4 is 10.2 Å². The second-order valence-electron chi connectivity index (χ2n) is 9.05. The highest BCUT2D eigenvalue weighted by Crippen LogP contribution is 2.47. The molecule has 1 amide bonds. The van der Waals surface area contributed by atoms with Gasteiger partial charge in [0.05, 0.1) is 17.4 Å². The van der Waals surface area contributed by atoms with E-state index in [9.17, 15) is 9.59 Å². The quantitative estimate of drug-likeness (QED) is 0.450. The molecule has 2 aliphatic rings. The molecule has 5 rings (SSSR count). The zero-order valence-corrected chi connectivity index (χ0v) is 20.1. The fourth-order valence-corrected chi connectivity index (χ4v) is 5.29. The molecule has 0 spiro atoms. The summed E-state index contributed by atoms with van der Waals surface area (Å²) < 4.78 is 0. The molecule has 5 heteroatoms. The molecule has 3 aromatic rings. The van der Waals surface area contributed by atoms with E-state index in [0.29, 0.717) is 29.9 Å². The number of rotatable bonds is 3. The number of amides is 1. The van der Waals surface area contributed by atoms with Crippen molar-refractivity contribution in [2.45, 2.75) is 45.1 Å². The highest BCUT2D eigenvalue weighted by Gasteiger charge is 2.41. The largest absolute Gasteiger partial charge is 0.357 e. The first-order valence-electron chi connectivity index (χ1n) is 11.7. The van der Waals surface area contributed by atoms with Crippen molar-refractivity contribution in [2.24, 2.45) is 0 Å². The molecule has 1 aliphatic carbocycles. The summed E-state index contributed by atoms with van der Waals surface area (Å²) in [7, 11) is 0. The first-order valence-corrected chi connectivity index (χ1v) is 12.1. The fraction of sp³-hybridized carbons (Fsp3) is 0.241. The first kappa shape index (κ1) is 22.4. The third-order valence-corrected chi connectivity index (χ3v) is 7.01. The van der Waals surface area contributed by atoms with Crippen molar-refractivity contribution in [1.82, 2.24) is 0 Å². The summed E-state index contributed by atoms with van der Waals surface area (Å²) in [6.07, 6.45) is 1.40. The van der Waals surface area contributed by atoms with Crippen molar-refractivity contribution >= 4 is 34.7 Å². The number of benzene rings is 3. The van der Waals surface area contributed by atoms with Gasteiger partial charge in [-0.25, -0.2) is 0 Å². The molecule has 172 valence electrons. The van der Waals surface area contributed by atoms with Crippen LogP contribution in [0, 0.1) is 6.92 Å². The zero-order valence-electron chi connectivity index (χ0n) is 19.3. The molecule has 1 aliphatic heterocycles. The normalized spacial score (nSPS) is 19.7. The molecule has 3 aromatic carbocycles. The molecular formula is C29H27ClN2O2. The van der Waals surface area contributed by atoms with E-state index in [1.807, 2.05) is 91.5 Å². The lowest BCUT2D eigenvalue weighted by molar-refractivity contribution is -0.119. The van der Waals surface area contributed by atoms with Gasteiger partial charge in [0.15, 0.2) is 5.78 Å². The predicted molar refractivity (Wildman–Crippen MR) is 137 cm³/mol. The number of hydrogen-bond acceptors (Lipinski definition) is 3. The second kappa shape index (κ2) is 9.11. The van der Waals surface area contributed by atoms with Gasteiger partial charge in [0.25, 0.3) is 0 Å². The SMILES string of the molecule is CCC(=O)N1c2ccccc2NC2=C(C(=O)C[C@H](c3cccc(Cl)c3)C2)[C@@H]1c1ccc(C)cc1. The molecule has 0 aromatic heterocycles. The minimum absolute atomic E-state index is 0.0154. The van der Waals surface area contributed by atoms with Crippen molar-refractivity contribution in [3.63, 3.8) is 0 Å². The van der Waals surface area contributed by atoms with E-state index >= 15 is 0 Å². The Labute approximate surface area is 205 Å². The van der Waals surface area contributed by atoms with E-state index in [0.717, 1.165) is 33.8 Å². The van der Waals surface area contributed by atoms with E-state index in [1.165, 1.54) is 0 Å². The van der Waals surface area contributed by atoms with Gasteiger partial charge in [-0.15, -0.1) is 0 Å². The molecule has 0 bridgehead atoms. The van der Waals surface area contributed by atoms with Crippen LogP contribution in [0.2, 0.25) is 5.02 Å². The number of ketones is 1. The number of fused-ring (bicyclic) bond motifs is 1. The third kappa shape index (κ3) is 4.03. The predicted octanol–water partition coefficient (Wildman–Crippen LogP) is 6.96. The summed E-state index contributed by atoms with van der Waals surface area (Å²) in [6, 6.07) is 23.2. The Bertz CT molecular complexity index is 1300. The standard InChI is InChI=1S/C29H27ClN2O2/c1-3-27(34)32-25-10-5-4-9-23(25)31-24-16-21(20-7-6-8-22(30)15-20)17-26(33)28(24)29(32)19-13-11-18(2)12-14-19/h4-15,21,29,31H,3,16-17H2,1-2H3/t21-,29+/m1/s1. The van der Waals surface area contributed by atoms with Crippen LogP contribution >= 0.6 is 11.6 Å². The lowest BCUT2D eigenvalue weighted by atomic mass is 9.78. The number of para-hydroxylation sites is 2. The van der Waals surface area contributed by atoms with Crippen molar-refractivity contribution < 1.29 is 9.59 Å². The number of allylic oxidation sites excluding steroid dienone is 1. The summed E-state index contributed by atoms with van der Waals surface area (Å²) >= 11 is 6.26. The number of nitrogens with zero attached hydrogens (tertiary/aromatic N) is 1. The van der Waals surface area contributed by atoms with E-state index in [-0.39, 0.29) is 17.6 Å². The third-order valence-electron chi connectivity index (χ3n) is 6.77. The van der Waals surface area contributed by atoms with Crippen LogP contribution in [-0.4, -0.2) is 11.7 Å². The van der Waals surface area contributed by atoms with Gasteiger partial charge >= 0.3 is 0 Å². The van der Waals surface area contributed by atoms with E-state index in [2.05, 4.69) is 5.32 Å². The van der Waals surface area contributed by atoms with Gasteiger partial charge in [0, 0.05) is 29.1 Å². The van der Waals surface area contributed by atoms with Crippen molar-refractivity contribution in [3.8, 4) is 0 Å². The molecule has 4 nitrogen and oxygen atoms in total. The van der Waals surface area contributed by atoms with Crippen LogP contribution in [0.15, 0.2) is 84.1 Å². The number of Topliss-reactive ketones (excluding diaryl/α,β-unsaturated/α-hetero) is 1. The van der Waals surface area contributed by atoms with Crippen LogP contribution in [0.5, 0.6) is 0 Å². The average molecular weight is 471 g/mol. The van der Waals surface area contributed by atoms with Crippen molar-refractivity contribution in [2.75, 3.05) is 10.2 Å². The lowest BCUT2D eigenvalue weighted by Crippen LogP contribution is -2.38. The number of nitrogens with one attached hydrogen (secondary N) is 1. The fourth-order valence-electron chi connectivity index (χ4n) is 5.10. The summed E-state index contributed by atoms with van der Waals surface area (Å²) in [5, 5.41) is 4.23. The Hall–Kier alpha value is -3.37. The minimum atomic E-state index is -0.480. The van der Waals surface area contributed by atoms with Crippen molar-refractivity contribution in [3.05, 3.63) is 106 Å². The number of hydrogen-bond donors (Lipinski definition) is 1. The maximum absolute atomic E-state index is 13.8. The maximum atomic E-state index is 13.8. The molecule has 34 heavy (non-hydrogen) atoms. The lowest BCUT2D eigenvalue weighted by Gasteiger charge is -2.35. The average Bonchev–Trinajstić information content (AvgIpc) is 2.98. The Morgan fingerprint density at radius 3 is 2.50 bits per heavy atom. The van der Waals surface area contributed by atoms with Gasteiger partial charge in [-0.3, -0.25) is 14.5 Å². The number of carbonyl (C=O) groups excluding carboxylic acids is 2. The smallest absolute Gasteiger partial charge is 0.227 e. The van der Waals surface area contributed by atoms with Crippen LogP contribution in [0.25, 0.3) is 0 Å². The molecule has 0 unspecified atom stereocenters. The molecule has 0 fully saturated rings. The van der Waals surface area contributed by atoms with Crippen LogP contribution in [0.1, 0.15) is 54.8 Å². The molecule has 1 N–H and O–H groups in total. The van der Waals surface area contributed by atoms with Gasteiger partial charge in [0.2, 0.25) is 5.91 Å². The minimum Gasteiger partial charge on any atom is -0.357 e. The summed E-state index contributed by atoms with van der Waals surface area (Å²) in [6.45, 7) is 3.90. The van der Waals surface area contributed by atoms with E-state index < -0.39 is 6.04 Å². The van der Waals surface area contributed by atoms with Crippen LogP contribution in [-0.2, 0) is 9.59 Å². The topological polar surface area (TPSA) is 49.4 Å². The van der Waals surface area contributed by atoms with Crippen LogP contribution in [0.3, 0.4) is 0 Å². The highest BCUT2D eigenvalue weighted by atomic mass is 35.5. The number of halogens is 1. The van der Waals surface area contributed by atoms with E-state index in [1.54, 1.807) is 0 Å². The Morgan fingerprint density at radius 2 is 1.76 bits per heavy atom. The van der Waals surface area contributed by atoms with E-state index in [4.69, 9.17) is 11.6 Å². The Balaban J connectivity index is 1.70. The maximum Gasteiger partial charge on any atom is 0.227 e. The van der Waals surface area contributed by atoms with Crippen molar-refractivity contribution in [1.29, 1.82) is 0 Å². The monoisotopic (exact) mass is 470 g/mol. The molecule has 0 radical (unpaired) electrons. The molecule has 0 saturated heterocycles. The van der Waals surface area contributed by atoms with Gasteiger partial charge in [-0.1, -0.05) is 72.6 Å². The second-order valence-corrected chi connectivity index (χ2v) is 9.48. The Kier molecular flexibility index (Phi) is 6.01. The molecular weight excluding hydrogens is 444 g/mol. The number of anilines is 2. The first-order chi connectivity index (χ1) is 16.5. The van der Waals surface area contributed by atoms with Gasteiger partial charge in [-0.2, -0.15) is 0 Å². The summed E-state index contributed by atoms with van der Waals surface area (Å²) in [4.78, 5) is 29.0. The highest BCUT2D eigenvalue weighted by molar-refractivity contribution is 6.30. The van der Waals surface area contributed by atoms with Gasteiger partial charge in [-0.05, 0) is 54.7 Å². The summed E-state index contributed by atoms with van der Waals surface area (Å²) in [5.41, 5.74) is 6.32. The molecule has 2 atom stereocenters. The van der Waals surface area contributed by atoms with Crippen LogP contribution in [0.4, 0.5) is 11.4 Å².